The van der Waals surface area contributed by atoms with Crippen LogP contribution >= 0.6 is 11.6 Å². The van der Waals surface area contributed by atoms with E-state index in [1.54, 1.807) is 4.57 Å². The van der Waals surface area contributed by atoms with Gasteiger partial charge in [-0.15, -0.1) is 0 Å². The van der Waals surface area contributed by atoms with Crippen LogP contribution in [0.5, 0.6) is 0 Å². The Morgan fingerprint density at radius 2 is 2.24 bits per heavy atom. The van der Waals surface area contributed by atoms with Crippen LogP contribution in [0.4, 0.5) is 0 Å². The number of benzene rings is 1. The van der Waals surface area contributed by atoms with Gasteiger partial charge in [-0.1, -0.05) is 11.6 Å². The highest BCUT2D eigenvalue weighted by molar-refractivity contribution is 6.28. The van der Waals surface area contributed by atoms with Gasteiger partial charge in [-0.3, -0.25) is 9.36 Å². The van der Waals surface area contributed by atoms with E-state index in [1.807, 2.05) is 25.1 Å². The minimum atomic E-state index is -0.0461. The van der Waals surface area contributed by atoms with Crippen molar-refractivity contribution in [2.75, 3.05) is 13.1 Å². The van der Waals surface area contributed by atoms with Crippen LogP contribution in [0.3, 0.4) is 0 Å². The molecule has 1 aliphatic rings. The Morgan fingerprint density at radius 1 is 1.47 bits per heavy atom. The fourth-order valence-corrected chi connectivity index (χ4v) is 2.36. The number of rotatable bonds is 1. The van der Waals surface area contributed by atoms with Crippen LogP contribution in [0.15, 0.2) is 23.0 Å². The molecule has 1 saturated heterocycles. The average molecular weight is 250 g/mol. The summed E-state index contributed by atoms with van der Waals surface area (Å²) >= 11 is 6.08. The van der Waals surface area contributed by atoms with E-state index in [-0.39, 0.29) is 16.9 Å². The topological polar surface area (TPSA) is 46.9 Å². The normalized spacial score (nSPS) is 16.1. The molecule has 0 aliphatic carbocycles. The molecule has 3 rings (SSSR count). The van der Waals surface area contributed by atoms with Crippen molar-refractivity contribution in [1.82, 2.24) is 14.9 Å². The van der Waals surface area contributed by atoms with Crippen LogP contribution in [0.2, 0.25) is 5.28 Å². The zero-order valence-electron chi connectivity index (χ0n) is 9.40. The lowest BCUT2D eigenvalue weighted by Gasteiger charge is -2.29. The molecule has 0 radical (unpaired) electrons. The van der Waals surface area contributed by atoms with Crippen LogP contribution in [-0.2, 0) is 0 Å². The molecule has 4 nitrogen and oxygen atoms in total. The highest BCUT2D eigenvalue weighted by atomic mass is 35.5. The highest BCUT2D eigenvalue weighted by Gasteiger charge is 2.23. The van der Waals surface area contributed by atoms with Gasteiger partial charge < -0.3 is 5.32 Å². The zero-order chi connectivity index (χ0) is 12.0. The Balaban J connectivity index is 2.32. The summed E-state index contributed by atoms with van der Waals surface area (Å²) < 4.78 is 1.58. The number of hydrogen-bond acceptors (Lipinski definition) is 3. The van der Waals surface area contributed by atoms with Gasteiger partial charge >= 0.3 is 0 Å². The fourth-order valence-electron chi connectivity index (χ4n) is 2.06. The van der Waals surface area contributed by atoms with Gasteiger partial charge in [0.05, 0.1) is 16.9 Å². The van der Waals surface area contributed by atoms with Gasteiger partial charge in [-0.25, -0.2) is 4.98 Å². The SMILES string of the molecule is Cc1ccc2nc(Cl)n(C3CNC3)c(=O)c2c1. The van der Waals surface area contributed by atoms with Crippen molar-refractivity contribution in [1.29, 1.82) is 0 Å². The van der Waals surface area contributed by atoms with E-state index in [0.29, 0.717) is 10.9 Å². The number of nitrogens with one attached hydrogen (secondary N) is 1. The summed E-state index contributed by atoms with van der Waals surface area (Å²) in [6.45, 7) is 3.51. The molecule has 1 N–H and O–H groups in total. The van der Waals surface area contributed by atoms with E-state index >= 15 is 0 Å². The Labute approximate surface area is 103 Å². The lowest BCUT2D eigenvalue weighted by Crippen LogP contribution is -2.47. The molecule has 88 valence electrons. The van der Waals surface area contributed by atoms with Crippen LogP contribution in [0, 0.1) is 6.92 Å². The van der Waals surface area contributed by atoms with Gasteiger partial charge in [0.2, 0.25) is 5.28 Å². The first-order chi connectivity index (χ1) is 8.16. The molecule has 2 aromatic rings. The van der Waals surface area contributed by atoms with Crippen LogP contribution in [-0.4, -0.2) is 22.6 Å². The summed E-state index contributed by atoms with van der Waals surface area (Å²) in [5.41, 5.74) is 1.67. The second kappa shape index (κ2) is 3.82. The number of fused-ring (bicyclic) bond motifs is 1. The highest BCUT2D eigenvalue weighted by Crippen LogP contribution is 2.18. The molecule has 1 aromatic carbocycles. The van der Waals surface area contributed by atoms with Gasteiger partial charge in [0.1, 0.15) is 0 Å². The van der Waals surface area contributed by atoms with E-state index in [4.69, 9.17) is 11.6 Å². The quantitative estimate of drug-likeness (QED) is 0.780. The maximum absolute atomic E-state index is 12.3. The molecule has 1 aliphatic heterocycles. The maximum atomic E-state index is 12.3. The summed E-state index contributed by atoms with van der Waals surface area (Å²) in [6, 6.07) is 5.76. The number of aromatic nitrogens is 2. The van der Waals surface area contributed by atoms with Crippen molar-refractivity contribution in [2.24, 2.45) is 0 Å². The van der Waals surface area contributed by atoms with Crippen LogP contribution < -0.4 is 10.9 Å². The minimum Gasteiger partial charge on any atom is -0.313 e. The first-order valence-corrected chi connectivity index (χ1v) is 5.94. The lowest BCUT2D eigenvalue weighted by atomic mass is 10.1. The van der Waals surface area contributed by atoms with Crippen molar-refractivity contribution in [2.45, 2.75) is 13.0 Å². The van der Waals surface area contributed by atoms with Crippen LogP contribution in [0.25, 0.3) is 10.9 Å². The Kier molecular flexibility index (Phi) is 2.42. The number of nitrogens with zero attached hydrogens (tertiary/aromatic N) is 2. The average Bonchev–Trinajstić information content (AvgIpc) is 2.23. The first kappa shape index (κ1) is 10.7. The molecule has 0 saturated carbocycles. The third kappa shape index (κ3) is 1.64. The molecule has 0 amide bonds. The number of halogens is 1. The Morgan fingerprint density at radius 3 is 2.88 bits per heavy atom. The van der Waals surface area contributed by atoms with Gasteiger partial charge in [-0.05, 0) is 30.7 Å². The maximum Gasteiger partial charge on any atom is 0.262 e. The summed E-state index contributed by atoms with van der Waals surface area (Å²) in [6.07, 6.45) is 0. The lowest BCUT2D eigenvalue weighted by molar-refractivity contribution is 0.335. The van der Waals surface area contributed by atoms with Crippen molar-refractivity contribution >= 4 is 22.5 Å². The molecule has 2 heterocycles. The summed E-state index contributed by atoms with van der Waals surface area (Å²) in [5.74, 6) is 0. The van der Waals surface area contributed by atoms with E-state index in [0.717, 1.165) is 18.7 Å². The number of aryl methyl sites for hydroxylation is 1. The molecule has 1 fully saturated rings. The second-order valence-corrected chi connectivity index (χ2v) is 4.73. The predicted octanol–water partition coefficient (Wildman–Crippen LogP) is 1.50. The van der Waals surface area contributed by atoms with E-state index in [9.17, 15) is 4.79 Å². The molecule has 1 aromatic heterocycles. The van der Waals surface area contributed by atoms with E-state index in [2.05, 4.69) is 10.3 Å². The fraction of sp³-hybridized carbons (Fsp3) is 0.333. The molecular weight excluding hydrogens is 238 g/mol. The Hall–Kier alpha value is -1.39. The molecule has 5 heteroatoms. The summed E-state index contributed by atoms with van der Waals surface area (Å²) in [4.78, 5) is 16.6. The minimum absolute atomic E-state index is 0.0461. The van der Waals surface area contributed by atoms with Crippen LogP contribution in [0.1, 0.15) is 11.6 Å². The molecule has 0 atom stereocenters. The van der Waals surface area contributed by atoms with Crippen molar-refractivity contribution in [3.63, 3.8) is 0 Å². The first-order valence-electron chi connectivity index (χ1n) is 5.56. The molecule has 0 unspecified atom stereocenters. The summed E-state index contributed by atoms with van der Waals surface area (Å²) in [7, 11) is 0. The molecule has 0 spiro atoms. The number of hydrogen-bond donors (Lipinski definition) is 1. The monoisotopic (exact) mass is 249 g/mol. The third-order valence-corrected chi connectivity index (χ3v) is 3.40. The smallest absolute Gasteiger partial charge is 0.262 e. The Bertz CT molecular complexity index is 646. The van der Waals surface area contributed by atoms with Crippen molar-refractivity contribution < 1.29 is 0 Å². The molecular formula is C12H12ClN3O. The van der Waals surface area contributed by atoms with E-state index < -0.39 is 0 Å². The van der Waals surface area contributed by atoms with Gasteiger partial charge in [0.25, 0.3) is 5.56 Å². The molecule has 0 bridgehead atoms. The van der Waals surface area contributed by atoms with Gasteiger partial charge in [0, 0.05) is 13.1 Å². The standard InChI is InChI=1S/C12H12ClN3O/c1-7-2-3-10-9(4-7)11(17)16(12(13)15-10)8-5-14-6-8/h2-4,8,14H,5-6H2,1H3. The summed E-state index contributed by atoms with van der Waals surface area (Å²) in [5, 5.41) is 4.04. The van der Waals surface area contributed by atoms with Gasteiger partial charge in [0.15, 0.2) is 0 Å². The van der Waals surface area contributed by atoms with Crippen molar-refractivity contribution in [3.05, 3.63) is 39.4 Å². The van der Waals surface area contributed by atoms with E-state index in [1.165, 1.54) is 0 Å². The van der Waals surface area contributed by atoms with Crippen molar-refractivity contribution in [3.8, 4) is 0 Å². The molecule has 17 heavy (non-hydrogen) atoms. The van der Waals surface area contributed by atoms with Gasteiger partial charge in [-0.2, -0.15) is 0 Å². The second-order valence-electron chi connectivity index (χ2n) is 4.39. The largest absolute Gasteiger partial charge is 0.313 e. The zero-order valence-corrected chi connectivity index (χ0v) is 10.2. The predicted molar refractivity (Wildman–Crippen MR) is 67.7 cm³/mol. The third-order valence-electron chi connectivity index (χ3n) is 3.14.